The number of alkyl halides is 2. The van der Waals surface area contributed by atoms with E-state index in [9.17, 15) is 18.4 Å². The number of thioether (sulfide) groups is 1. The molecule has 0 saturated carbocycles. The number of carbonyl (C=O) groups excluding carboxylic acids is 2. The molecule has 0 aliphatic carbocycles. The van der Waals surface area contributed by atoms with Gasteiger partial charge in [-0.2, -0.15) is 8.78 Å². The summed E-state index contributed by atoms with van der Waals surface area (Å²) < 4.78 is 28.3. The van der Waals surface area contributed by atoms with Crippen molar-refractivity contribution in [1.82, 2.24) is 10.9 Å². The number of halogens is 3. The van der Waals surface area contributed by atoms with E-state index in [1.54, 1.807) is 24.3 Å². The Labute approximate surface area is 151 Å². The second-order valence-electron chi connectivity index (χ2n) is 4.65. The average molecular weight is 387 g/mol. The summed E-state index contributed by atoms with van der Waals surface area (Å²) in [5.41, 5.74) is 4.70. The highest BCUT2D eigenvalue weighted by molar-refractivity contribution is 8.00. The van der Waals surface area contributed by atoms with Gasteiger partial charge < -0.3 is 4.74 Å². The number of hydrazine groups is 1. The number of ether oxygens (including phenoxy) is 1. The molecule has 9 heteroatoms. The first-order chi connectivity index (χ1) is 11.9. The molecule has 2 amide bonds. The van der Waals surface area contributed by atoms with Crippen molar-refractivity contribution >= 4 is 35.2 Å². The fourth-order valence-electron chi connectivity index (χ4n) is 1.70. The number of benzene rings is 2. The van der Waals surface area contributed by atoms with Crippen LogP contribution < -0.4 is 15.6 Å². The van der Waals surface area contributed by atoms with Crippen molar-refractivity contribution in [2.24, 2.45) is 0 Å². The number of rotatable bonds is 6. The molecular formula is C16H13ClF2N2O3S. The van der Waals surface area contributed by atoms with Crippen LogP contribution in [-0.2, 0) is 4.79 Å². The minimum Gasteiger partial charge on any atom is -0.435 e. The Hall–Kier alpha value is -2.32. The molecule has 25 heavy (non-hydrogen) atoms. The van der Waals surface area contributed by atoms with Crippen LogP contribution in [0.1, 0.15) is 10.4 Å². The van der Waals surface area contributed by atoms with Crippen molar-refractivity contribution in [2.75, 3.05) is 5.75 Å². The molecule has 0 bridgehead atoms. The molecule has 0 aliphatic rings. The number of carbonyl (C=O) groups is 2. The molecule has 2 aromatic carbocycles. The number of nitrogens with one attached hydrogen (secondary N) is 2. The topological polar surface area (TPSA) is 67.4 Å². The Bertz CT molecular complexity index is 727. The minimum absolute atomic E-state index is 0.0602. The Morgan fingerprint density at radius 1 is 1.04 bits per heavy atom. The second kappa shape index (κ2) is 9.24. The van der Waals surface area contributed by atoms with Gasteiger partial charge in [0.25, 0.3) is 5.91 Å². The zero-order chi connectivity index (χ0) is 18.2. The van der Waals surface area contributed by atoms with E-state index >= 15 is 0 Å². The molecule has 0 atom stereocenters. The van der Waals surface area contributed by atoms with Gasteiger partial charge in [0.2, 0.25) is 5.91 Å². The van der Waals surface area contributed by atoms with Gasteiger partial charge in [0.1, 0.15) is 5.75 Å². The zero-order valence-electron chi connectivity index (χ0n) is 12.7. The molecular weight excluding hydrogens is 374 g/mol. The predicted molar refractivity (Wildman–Crippen MR) is 90.9 cm³/mol. The third-order valence-electron chi connectivity index (χ3n) is 2.84. The fraction of sp³-hybridized carbons (Fsp3) is 0.125. The maximum absolute atomic E-state index is 12.0. The lowest BCUT2D eigenvalue weighted by Crippen LogP contribution is -2.42. The van der Waals surface area contributed by atoms with E-state index in [0.29, 0.717) is 5.02 Å². The Balaban J connectivity index is 1.76. The lowest BCUT2D eigenvalue weighted by Gasteiger charge is -2.08. The third-order valence-corrected chi connectivity index (χ3v) is 4.10. The van der Waals surface area contributed by atoms with Gasteiger partial charge in [0.15, 0.2) is 0 Å². The summed E-state index contributed by atoms with van der Waals surface area (Å²) in [5.74, 6) is -0.933. The van der Waals surface area contributed by atoms with Gasteiger partial charge in [-0.05, 0) is 48.5 Å². The summed E-state index contributed by atoms with van der Waals surface area (Å²) in [7, 11) is 0. The summed E-state index contributed by atoms with van der Waals surface area (Å²) in [6, 6.07) is 12.1. The second-order valence-corrected chi connectivity index (χ2v) is 6.13. The Morgan fingerprint density at radius 2 is 1.68 bits per heavy atom. The molecule has 132 valence electrons. The molecule has 2 N–H and O–H groups in total. The van der Waals surface area contributed by atoms with Crippen molar-refractivity contribution in [3.63, 3.8) is 0 Å². The summed E-state index contributed by atoms with van der Waals surface area (Å²) in [6.45, 7) is -2.93. The normalized spacial score (nSPS) is 10.4. The highest BCUT2D eigenvalue weighted by Crippen LogP contribution is 2.20. The van der Waals surface area contributed by atoms with Crippen LogP contribution in [0.5, 0.6) is 5.75 Å². The predicted octanol–water partition coefficient (Wildman–Crippen LogP) is 3.49. The van der Waals surface area contributed by atoms with Gasteiger partial charge in [-0.1, -0.05) is 11.6 Å². The fourth-order valence-corrected chi connectivity index (χ4v) is 2.53. The van der Waals surface area contributed by atoms with Gasteiger partial charge in [-0.3, -0.25) is 20.4 Å². The molecule has 0 aromatic heterocycles. The average Bonchev–Trinajstić information content (AvgIpc) is 2.59. The van der Waals surface area contributed by atoms with Gasteiger partial charge in [-0.25, -0.2) is 0 Å². The molecule has 0 aliphatic heterocycles. The van der Waals surface area contributed by atoms with Crippen LogP contribution in [0.4, 0.5) is 8.78 Å². The monoisotopic (exact) mass is 386 g/mol. The van der Waals surface area contributed by atoms with Gasteiger partial charge >= 0.3 is 6.61 Å². The molecule has 0 saturated heterocycles. The van der Waals surface area contributed by atoms with Crippen LogP contribution in [0.3, 0.4) is 0 Å². The summed E-state index contributed by atoms with van der Waals surface area (Å²) >= 11 is 7.05. The van der Waals surface area contributed by atoms with E-state index in [1.165, 1.54) is 36.0 Å². The summed E-state index contributed by atoms with van der Waals surface area (Å²) in [5, 5.41) is 0.603. The quantitative estimate of drug-likeness (QED) is 0.589. The maximum Gasteiger partial charge on any atom is 0.387 e. The van der Waals surface area contributed by atoms with Crippen molar-refractivity contribution in [3.8, 4) is 5.75 Å². The molecule has 2 aromatic rings. The molecule has 0 fully saturated rings. The molecule has 0 radical (unpaired) electrons. The molecule has 2 rings (SSSR count). The molecule has 0 unspecified atom stereocenters. The van der Waals surface area contributed by atoms with Crippen molar-refractivity contribution in [3.05, 3.63) is 59.1 Å². The van der Waals surface area contributed by atoms with Crippen molar-refractivity contribution < 1.29 is 23.1 Å². The first-order valence-electron chi connectivity index (χ1n) is 6.96. The highest BCUT2D eigenvalue weighted by Gasteiger charge is 2.09. The standard InChI is InChI=1S/C16H13ClF2N2O3S/c17-11-3-7-13(8-4-11)25-9-14(22)20-21-15(23)10-1-5-12(6-2-10)24-16(18)19/h1-8,16H,9H2,(H,20,22)(H,21,23). The SMILES string of the molecule is O=C(CSc1ccc(Cl)cc1)NNC(=O)c1ccc(OC(F)F)cc1. The van der Waals surface area contributed by atoms with E-state index in [4.69, 9.17) is 11.6 Å². The van der Waals surface area contributed by atoms with Gasteiger partial charge in [0.05, 0.1) is 5.75 Å². The van der Waals surface area contributed by atoms with E-state index < -0.39 is 18.4 Å². The van der Waals surface area contributed by atoms with E-state index in [0.717, 1.165) is 4.90 Å². The number of hydrogen-bond acceptors (Lipinski definition) is 4. The summed E-state index contributed by atoms with van der Waals surface area (Å²) in [6.07, 6.45) is 0. The van der Waals surface area contributed by atoms with Crippen LogP contribution in [0.25, 0.3) is 0 Å². The smallest absolute Gasteiger partial charge is 0.387 e. The largest absolute Gasteiger partial charge is 0.435 e. The Morgan fingerprint density at radius 3 is 2.28 bits per heavy atom. The molecule has 0 heterocycles. The maximum atomic E-state index is 12.0. The van der Waals surface area contributed by atoms with Crippen LogP contribution in [0.15, 0.2) is 53.4 Å². The van der Waals surface area contributed by atoms with Crippen LogP contribution in [0, 0.1) is 0 Å². The van der Waals surface area contributed by atoms with Crippen LogP contribution in [0.2, 0.25) is 5.02 Å². The number of amides is 2. The molecule has 5 nitrogen and oxygen atoms in total. The first kappa shape index (κ1) is 19.0. The minimum atomic E-state index is -2.93. The first-order valence-corrected chi connectivity index (χ1v) is 8.33. The zero-order valence-corrected chi connectivity index (χ0v) is 14.2. The third kappa shape index (κ3) is 6.60. The van der Waals surface area contributed by atoms with E-state index in [1.807, 2.05) is 0 Å². The van der Waals surface area contributed by atoms with Crippen LogP contribution >= 0.6 is 23.4 Å². The van der Waals surface area contributed by atoms with Crippen molar-refractivity contribution in [1.29, 1.82) is 0 Å². The lowest BCUT2D eigenvalue weighted by molar-refractivity contribution is -0.119. The number of hydrogen-bond donors (Lipinski definition) is 2. The van der Waals surface area contributed by atoms with E-state index in [-0.39, 0.29) is 17.1 Å². The highest BCUT2D eigenvalue weighted by atomic mass is 35.5. The Kier molecular flexibility index (Phi) is 7.03. The van der Waals surface area contributed by atoms with E-state index in [2.05, 4.69) is 15.6 Å². The summed E-state index contributed by atoms with van der Waals surface area (Å²) in [4.78, 5) is 24.4. The lowest BCUT2D eigenvalue weighted by atomic mass is 10.2. The molecule has 0 spiro atoms. The van der Waals surface area contributed by atoms with Crippen LogP contribution in [-0.4, -0.2) is 24.2 Å². The van der Waals surface area contributed by atoms with Gasteiger partial charge in [-0.15, -0.1) is 11.8 Å². The van der Waals surface area contributed by atoms with Crippen molar-refractivity contribution in [2.45, 2.75) is 11.5 Å². The van der Waals surface area contributed by atoms with Gasteiger partial charge in [0, 0.05) is 15.5 Å².